The Balaban J connectivity index is 1.49. The molecule has 3 heterocycles. The molecule has 0 radical (unpaired) electrons. The van der Waals surface area contributed by atoms with E-state index in [1.165, 1.54) is 0 Å². The van der Waals surface area contributed by atoms with Gasteiger partial charge in [-0.15, -0.1) is 5.10 Å². The number of nitrogens with zero attached hydrogens (tertiary/aromatic N) is 6. The number of likely N-dealkylation sites (tertiary alicyclic amines) is 1. The van der Waals surface area contributed by atoms with E-state index in [2.05, 4.69) is 104 Å². The van der Waals surface area contributed by atoms with Gasteiger partial charge in [0.2, 0.25) is 0 Å². The zero-order valence-electron chi connectivity index (χ0n) is 26.3. The number of fused-ring (bicyclic) bond motifs is 1. The van der Waals surface area contributed by atoms with Gasteiger partial charge < -0.3 is 10.6 Å². The van der Waals surface area contributed by atoms with E-state index in [4.69, 9.17) is 11.6 Å². The quantitative estimate of drug-likeness (QED) is 0.224. The van der Waals surface area contributed by atoms with Crippen LogP contribution in [0.3, 0.4) is 0 Å². The zero-order valence-corrected chi connectivity index (χ0v) is 27.1. The summed E-state index contributed by atoms with van der Waals surface area (Å²) in [7, 11) is 0. The van der Waals surface area contributed by atoms with Crippen molar-refractivity contribution in [2.75, 3.05) is 23.7 Å². The minimum atomic E-state index is -0.254. The maximum atomic E-state index is 9.94. The van der Waals surface area contributed by atoms with Crippen LogP contribution in [-0.2, 0) is 0 Å². The molecule has 0 unspecified atom stereocenters. The molecule has 43 heavy (non-hydrogen) atoms. The molecule has 0 aliphatic carbocycles. The van der Waals surface area contributed by atoms with Crippen LogP contribution in [0.2, 0.25) is 5.02 Å². The first kappa shape index (κ1) is 30.8. The SMILES string of the molecule is C[C@@H](Nc1c(C#N)cnc2c(Cl)cc(N[C@@H](c3ccccc3)c3cn(C4CCN(C(C)(C)C)CC4)nn3)cc12)C(C)(C)C. The highest BCUT2D eigenvalue weighted by Gasteiger charge is 2.29. The molecule has 5 rings (SSSR count). The number of nitriles is 1. The van der Waals surface area contributed by atoms with E-state index in [0.717, 1.165) is 53.9 Å². The monoisotopic (exact) mass is 598 g/mol. The molecule has 0 spiro atoms. The van der Waals surface area contributed by atoms with Gasteiger partial charge in [-0.3, -0.25) is 9.88 Å². The number of aromatic nitrogens is 4. The van der Waals surface area contributed by atoms with Crippen molar-refractivity contribution >= 4 is 33.9 Å². The standard InChI is InChI=1S/C34H43ClN8/c1-22(33(2,3)4)38-30-24(19-36)20-37-32-27(30)17-25(18-28(32)35)39-31(23-11-9-8-10-12-23)29-21-43(41-40-29)26-13-15-42(16-14-26)34(5,6)7/h8-12,17-18,20-22,26,31,39H,13-16H2,1-7H3,(H,37,38)/t22-,31+/m1/s1. The van der Waals surface area contributed by atoms with Gasteiger partial charge in [-0.05, 0) is 63.6 Å². The average Bonchev–Trinajstić information content (AvgIpc) is 3.46. The van der Waals surface area contributed by atoms with Crippen LogP contribution in [0.25, 0.3) is 10.9 Å². The molecular weight excluding hydrogens is 556 g/mol. The highest BCUT2D eigenvalue weighted by molar-refractivity contribution is 6.35. The van der Waals surface area contributed by atoms with Crippen molar-refractivity contribution in [2.45, 2.75) is 85.0 Å². The molecule has 226 valence electrons. The van der Waals surface area contributed by atoms with Crippen molar-refractivity contribution in [1.82, 2.24) is 24.9 Å². The molecule has 8 nitrogen and oxygen atoms in total. The fourth-order valence-electron chi connectivity index (χ4n) is 5.56. The fraction of sp³-hybridized carbons (Fsp3) is 0.471. The second-order valence-corrected chi connectivity index (χ2v) is 14.2. The molecule has 2 aromatic carbocycles. The number of benzene rings is 2. The Bertz CT molecular complexity index is 1600. The molecule has 0 bridgehead atoms. The topological polar surface area (TPSA) is 94.7 Å². The summed E-state index contributed by atoms with van der Waals surface area (Å²) in [6.45, 7) is 17.6. The zero-order chi connectivity index (χ0) is 30.9. The van der Waals surface area contributed by atoms with Gasteiger partial charge in [0.05, 0.1) is 40.1 Å². The molecule has 1 aliphatic rings. The van der Waals surface area contributed by atoms with Crippen LogP contribution in [0.1, 0.15) is 90.2 Å². The Hall–Kier alpha value is -3.67. The first-order chi connectivity index (χ1) is 20.3. The molecular formula is C34H43ClN8. The lowest BCUT2D eigenvalue weighted by molar-refractivity contribution is 0.0866. The molecule has 2 aromatic heterocycles. The van der Waals surface area contributed by atoms with E-state index in [1.807, 2.05) is 35.0 Å². The molecule has 1 saturated heterocycles. The smallest absolute Gasteiger partial charge is 0.109 e. The highest BCUT2D eigenvalue weighted by atomic mass is 35.5. The molecule has 2 atom stereocenters. The van der Waals surface area contributed by atoms with E-state index in [0.29, 0.717) is 22.1 Å². The van der Waals surface area contributed by atoms with E-state index < -0.39 is 0 Å². The van der Waals surface area contributed by atoms with Gasteiger partial charge in [-0.25, -0.2) is 4.68 Å². The molecule has 1 fully saturated rings. The first-order valence-corrected chi connectivity index (χ1v) is 15.5. The number of piperidine rings is 1. The molecule has 0 amide bonds. The highest BCUT2D eigenvalue weighted by Crippen LogP contribution is 2.37. The van der Waals surface area contributed by atoms with E-state index in [1.54, 1.807) is 6.20 Å². The molecule has 1 aliphatic heterocycles. The summed E-state index contributed by atoms with van der Waals surface area (Å²) in [6.07, 6.45) is 5.76. The van der Waals surface area contributed by atoms with Crippen LogP contribution >= 0.6 is 11.6 Å². The fourth-order valence-corrected chi connectivity index (χ4v) is 5.83. The molecule has 0 saturated carbocycles. The summed E-state index contributed by atoms with van der Waals surface area (Å²) in [6, 6.07) is 16.6. The summed E-state index contributed by atoms with van der Waals surface area (Å²) in [5.41, 5.74) is 4.74. The predicted octanol–water partition coefficient (Wildman–Crippen LogP) is 7.83. The van der Waals surface area contributed by atoms with Crippen LogP contribution in [0, 0.1) is 16.7 Å². The van der Waals surface area contributed by atoms with Crippen molar-refractivity contribution in [2.24, 2.45) is 5.41 Å². The summed E-state index contributed by atoms with van der Waals surface area (Å²) in [5.74, 6) is 0. The largest absolute Gasteiger partial charge is 0.380 e. The second-order valence-electron chi connectivity index (χ2n) is 13.7. The van der Waals surface area contributed by atoms with Gasteiger partial charge in [0.1, 0.15) is 11.8 Å². The first-order valence-electron chi connectivity index (χ1n) is 15.1. The Labute approximate surface area is 260 Å². The summed E-state index contributed by atoms with van der Waals surface area (Å²) < 4.78 is 2.04. The maximum absolute atomic E-state index is 9.94. The maximum Gasteiger partial charge on any atom is 0.109 e. The van der Waals surface area contributed by atoms with Crippen LogP contribution in [-0.4, -0.2) is 49.5 Å². The van der Waals surface area contributed by atoms with Crippen molar-refractivity contribution in [3.63, 3.8) is 0 Å². The Morgan fingerprint density at radius 3 is 2.35 bits per heavy atom. The second kappa shape index (κ2) is 12.1. The number of hydrogen-bond acceptors (Lipinski definition) is 7. The number of halogens is 1. The Kier molecular flexibility index (Phi) is 8.69. The predicted molar refractivity (Wildman–Crippen MR) is 176 cm³/mol. The lowest BCUT2D eigenvalue weighted by Gasteiger charge is -2.40. The minimum absolute atomic E-state index is 0.0183. The summed E-state index contributed by atoms with van der Waals surface area (Å²) in [5, 5.41) is 27.8. The number of pyridine rings is 1. The average molecular weight is 599 g/mol. The lowest BCUT2D eigenvalue weighted by atomic mass is 9.87. The van der Waals surface area contributed by atoms with Gasteiger partial charge in [-0.2, -0.15) is 5.26 Å². The Morgan fingerprint density at radius 1 is 1.02 bits per heavy atom. The van der Waals surface area contributed by atoms with Gasteiger partial charge >= 0.3 is 0 Å². The van der Waals surface area contributed by atoms with Crippen molar-refractivity contribution < 1.29 is 0 Å². The lowest BCUT2D eigenvalue weighted by Crippen LogP contribution is -2.46. The van der Waals surface area contributed by atoms with Crippen molar-refractivity contribution in [3.8, 4) is 6.07 Å². The third kappa shape index (κ3) is 6.79. The van der Waals surface area contributed by atoms with Gasteiger partial charge in [0.15, 0.2) is 0 Å². The number of nitrogens with one attached hydrogen (secondary N) is 2. The van der Waals surface area contributed by atoms with Crippen LogP contribution in [0.4, 0.5) is 11.4 Å². The van der Waals surface area contributed by atoms with Crippen LogP contribution in [0.5, 0.6) is 0 Å². The number of rotatable bonds is 7. The van der Waals surface area contributed by atoms with Gasteiger partial charge in [0.25, 0.3) is 0 Å². The van der Waals surface area contributed by atoms with Gasteiger partial charge in [0, 0.05) is 41.9 Å². The number of hydrogen-bond donors (Lipinski definition) is 2. The minimum Gasteiger partial charge on any atom is -0.380 e. The summed E-state index contributed by atoms with van der Waals surface area (Å²) >= 11 is 6.83. The van der Waals surface area contributed by atoms with Crippen molar-refractivity contribution in [1.29, 1.82) is 5.26 Å². The van der Waals surface area contributed by atoms with E-state index in [-0.39, 0.29) is 23.0 Å². The Morgan fingerprint density at radius 2 is 1.72 bits per heavy atom. The van der Waals surface area contributed by atoms with Crippen molar-refractivity contribution in [3.05, 3.63) is 76.7 Å². The molecule has 9 heteroatoms. The summed E-state index contributed by atoms with van der Waals surface area (Å²) in [4.78, 5) is 7.08. The van der Waals surface area contributed by atoms with Crippen LogP contribution < -0.4 is 10.6 Å². The third-order valence-electron chi connectivity index (χ3n) is 8.76. The van der Waals surface area contributed by atoms with E-state index >= 15 is 0 Å². The normalized spacial score (nSPS) is 16.5. The van der Waals surface area contributed by atoms with E-state index in [9.17, 15) is 5.26 Å². The molecule has 2 N–H and O–H groups in total. The van der Waals surface area contributed by atoms with Crippen LogP contribution in [0.15, 0.2) is 54.9 Å². The van der Waals surface area contributed by atoms with Gasteiger partial charge in [-0.1, -0.05) is 67.9 Å². The molecule has 4 aromatic rings. The third-order valence-corrected chi connectivity index (χ3v) is 9.05. The number of anilines is 2.